The van der Waals surface area contributed by atoms with Gasteiger partial charge in [0.15, 0.2) is 5.13 Å². The van der Waals surface area contributed by atoms with E-state index in [1.165, 1.54) is 28.0 Å². The summed E-state index contributed by atoms with van der Waals surface area (Å²) >= 11 is 1.44. The molecular weight excluding hydrogens is 424 g/mol. The van der Waals surface area contributed by atoms with Crippen molar-refractivity contribution in [2.24, 2.45) is 0 Å². The molecule has 1 saturated heterocycles. The standard InChI is InChI=1S/C24H34N4O3S/c1-15-11-17(3)19(12-16(15)2)20-14-32-22(26-20)27-21(29)13-28-9-7-18(8-10-28)25-23(30)31-24(4,5)6/h11-12,14,18H,7-10,13H2,1-6H3,(H,25,30)(H,26,27,29). The zero-order valence-corrected chi connectivity index (χ0v) is 20.7. The number of likely N-dealkylation sites (tertiary alicyclic amines) is 1. The Labute approximate surface area is 194 Å². The summed E-state index contributed by atoms with van der Waals surface area (Å²) in [4.78, 5) is 31.2. The van der Waals surface area contributed by atoms with Crippen LogP contribution in [0.1, 0.15) is 50.3 Å². The third-order valence-electron chi connectivity index (χ3n) is 5.54. The number of hydrogen-bond acceptors (Lipinski definition) is 6. The number of anilines is 1. The smallest absolute Gasteiger partial charge is 0.407 e. The normalized spacial score (nSPS) is 15.4. The highest BCUT2D eigenvalue weighted by atomic mass is 32.1. The van der Waals surface area contributed by atoms with Gasteiger partial charge in [0, 0.05) is 30.1 Å². The Hall–Kier alpha value is -2.45. The molecule has 2 aromatic rings. The largest absolute Gasteiger partial charge is 0.444 e. The van der Waals surface area contributed by atoms with E-state index in [0.717, 1.165) is 37.2 Å². The molecule has 0 bridgehead atoms. The van der Waals surface area contributed by atoms with Crippen molar-refractivity contribution in [3.05, 3.63) is 34.2 Å². The maximum absolute atomic E-state index is 12.5. The first-order valence-electron chi connectivity index (χ1n) is 11.1. The molecule has 0 spiro atoms. The number of aromatic nitrogens is 1. The molecule has 2 amide bonds. The summed E-state index contributed by atoms with van der Waals surface area (Å²) in [6, 6.07) is 4.40. The van der Waals surface area contributed by atoms with Gasteiger partial charge < -0.3 is 15.4 Å². The first-order chi connectivity index (χ1) is 15.0. The molecule has 0 atom stereocenters. The van der Waals surface area contributed by atoms with Crippen LogP contribution in [0, 0.1) is 20.8 Å². The van der Waals surface area contributed by atoms with Gasteiger partial charge in [0.1, 0.15) is 5.60 Å². The second kappa shape index (κ2) is 10.0. The minimum absolute atomic E-state index is 0.0683. The predicted octanol–water partition coefficient (Wildman–Crippen LogP) is 4.66. The third-order valence-corrected chi connectivity index (χ3v) is 6.30. The number of carbonyl (C=O) groups is 2. The summed E-state index contributed by atoms with van der Waals surface area (Å²) in [6.07, 6.45) is 1.20. The molecule has 1 aromatic heterocycles. The Morgan fingerprint density at radius 2 is 1.78 bits per heavy atom. The van der Waals surface area contributed by atoms with Crippen LogP contribution in [0.4, 0.5) is 9.93 Å². The van der Waals surface area contributed by atoms with Crippen LogP contribution >= 0.6 is 11.3 Å². The van der Waals surface area contributed by atoms with E-state index >= 15 is 0 Å². The van der Waals surface area contributed by atoms with E-state index in [0.29, 0.717) is 11.7 Å². The number of thiazole rings is 1. The minimum Gasteiger partial charge on any atom is -0.444 e. The first-order valence-corrected chi connectivity index (χ1v) is 11.9. The average molecular weight is 459 g/mol. The number of amides is 2. The van der Waals surface area contributed by atoms with Crippen LogP contribution in [0.5, 0.6) is 0 Å². The van der Waals surface area contributed by atoms with E-state index in [1.807, 2.05) is 26.2 Å². The summed E-state index contributed by atoms with van der Waals surface area (Å²) in [5.74, 6) is -0.0683. The highest BCUT2D eigenvalue weighted by molar-refractivity contribution is 7.14. The van der Waals surface area contributed by atoms with Crippen LogP contribution in [0.2, 0.25) is 0 Å². The highest BCUT2D eigenvalue weighted by Crippen LogP contribution is 2.29. The van der Waals surface area contributed by atoms with Crippen molar-refractivity contribution < 1.29 is 14.3 Å². The van der Waals surface area contributed by atoms with Gasteiger partial charge in [-0.3, -0.25) is 9.69 Å². The van der Waals surface area contributed by atoms with Crippen LogP contribution in [0.25, 0.3) is 11.3 Å². The maximum Gasteiger partial charge on any atom is 0.407 e. The monoisotopic (exact) mass is 458 g/mol. The second-order valence-corrected chi connectivity index (χ2v) is 10.4. The molecule has 2 heterocycles. The molecule has 0 aliphatic carbocycles. The zero-order valence-electron chi connectivity index (χ0n) is 19.9. The number of aryl methyl sites for hydroxylation is 3. The number of nitrogens with one attached hydrogen (secondary N) is 2. The van der Waals surface area contributed by atoms with Gasteiger partial charge >= 0.3 is 6.09 Å². The molecule has 2 N–H and O–H groups in total. The third kappa shape index (κ3) is 6.77. The van der Waals surface area contributed by atoms with Crippen LogP contribution in [-0.2, 0) is 9.53 Å². The van der Waals surface area contributed by atoms with Gasteiger partial charge in [-0.25, -0.2) is 9.78 Å². The van der Waals surface area contributed by atoms with Gasteiger partial charge in [-0.15, -0.1) is 11.3 Å². The summed E-state index contributed by atoms with van der Waals surface area (Å²) < 4.78 is 5.32. The van der Waals surface area contributed by atoms with Gasteiger partial charge in [0.05, 0.1) is 12.2 Å². The molecule has 8 heteroatoms. The Balaban J connectivity index is 1.47. The Bertz CT molecular complexity index is 972. The van der Waals surface area contributed by atoms with Gasteiger partial charge in [0.2, 0.25) is 5.91 Å². The molecule has 1 aromatic carbocycles. The fourth-order valence-corrected chi connectivity index (χ4v) is 4.49. The van der Waals surface area contributed by atoms with Crippen LogP contribution in [0.15, 0.2) is 17.5 Å². The van der Waals surface area contributed by atoms with E-state index in [9.17, 15) is 9.59 Å². The zero-order chi connectivity index (χ0) is 23.5. The fraction of sp³-hybridized carbons (Fsp3) is 0.542. The second-order valence-electron chi connectivity index (χ2n) is 9.53. The van der Waals surface area contributed by atoms with Gasteiger partial charge in [-0.05, 0) is 77.1 Å². The van der Waals surface area contributed by atoms with Gasteiger partial charge in [-0.2, -0.15) is 0 Å². The lowest BCUT2D eigenvalue weighted by atomic mass is 9.99. The lowest BCUT2D eigenvalue weighted by Crippen LogP contribution is -2.47. The summed E-state index contributed by atoms with van der Waals surface area (Å²) in [7, 11) is 0. The van der Waals surface area contributed by atoms with Crippen molar-refractivity contribution in [3.63, 3.8) is 0 Å². The van der Waals surface area contributed by atoms with Crippen molar-refractivity contribution in [2.75, 3.05) is 25.0 Å². The topological polar surface area (TPSA) is 83.6 Å². The van der Waals surface area contributed by atoms with Crippen LogP contribution < -0.4 is 10.6 Å². The molecule has 0 saturated carbocycles. The predicted molar refractivity (Wildman–Crippen MR) is 129 cm³/mol. The van der Waals surface area contributed by atoms with Crippen molar-refractivity contribution in [1.82, 2.24) is 15.2 Å². The molecule has 32 heavy (non-hydrogen) atoms. The molecule has 1 aliphatic rings. The fourth-order valence-electron chi connectivity index (χ4n) is 3.76. The lowest BCUT2D eigenvalue weighted by molar-refractivity contribution is -0.117. The van der Waals surface area contributed by atoms with E-state index in [1.54, 1.807) is 0 Å². The van der Waals surface area contributed by atoms with E-state index < -0.39 is 5.60 Å². The number of hydrogen-bond donors (Lipinski definition) is 2. The lowest BCUT2D eigenvalue weighted by Gasteiger charge is -2.32. The average Bonchev–Trinajstić information content (AvgIpc) is 3.12. The van der Waals surface area contributed by atoms with Gasteiger partial charge in [0.25, 0.3) is 0 Å². The SMILES string of the molecule is Cc1cc(C)c(-c2csc(NC(=O)CN3CCC(NC(=O)OC(C)(C)C)CC3)n2)cc1C. The molecule has 3 rings (SSSR count). The van der Waals surface area contributed by atoms with E-state index in [-0.39, 0.29) is 18.0 Å². The van der Waals surface area contributed by atoms with Crippen molar-refractivity contribution in [3.8, 4) is 11.3 Å². The summed E-state index contributed by atoms with van der Waals surface area (Å²) in [6.45, 7) is 13.6. The molecule has 174 valence electrons. The number of nitrogens with zero attached hydrogens (tertiary/aromatic N) is 2. The van der Waals surface area contributed by atoms with Crippen molar-refractivity contribution in [2.45, 2.75) is 66.0 Å². The van der Waals surface area contributed by atoms with Crippen molar-refractivity contribution in [1.29, 1.82) is 0 Å². The molecule has 7 nitrogen and oxygen atoms in total. The Morgan fingerprint density at radius 3 is 2.44 bits per heavy atom. The molecule has 0 unspecified atom stereocenters. The quantitative estimate of drug-likeness (QED) is 0.681. The Kier molecular flexibility index (Phi) is 7.56. The first kappa shape index (κ1) is 24.2. The van der Waals surface area contributed by atoms with Crippen LogP contribution in [-0.4, -0.2) is 53.2 Å². The number of rotatable bonds is 5. The number of piperidine rings is 1. The highest BCUT2D eigenvalue weighted by Gasteiger charge is 2.24. The van der Waals surface area contributed by atoms with Crippen molar-refractivity contribution >= 4 is 28.5 Å². The molecule has 0 radical (unpaired) electrons. The van der Waals surface area contributed by atoms with Crippen LogP contribution in [0.3, 0.4) is 0 Å². The minimum atomic E-state index is -0.504. The maximum atomic E-state index is 12.5. The number of benzene rings is 1. The summed E-state index contributed by atoms with van der Waals surface area (Å²) in [5.41, 5.74) is 5.16. The Morgan fingerprint density at radius 1 is 1.12 bits per heavy atom. The summed E-state index contributed by atoms with van der Waals surface area (Å²) in [5, 5.41) is 8.46. The molecule has 1 fully saturated rings. The van der Waals surface area contributed by atoms with Gasteiger partial charge in [-0.1, -0.05) is 6.07 Å². The van der Waals surface area contributed by atoms with E-state index in [4.69, 9.17) is 4.74 Å². The molecule has 1 aliphatic heterocycles. The molecular formula is C24H34N4O3S. The van der Waals surface area contributed by atoms with E-state index in [2.05, 4.69) is 53.4 Å². The number of ether oxygens (including phenoxy) is 1. The number of alkyl carbamates (subject to hydrolysis) is 1. The number of carbonyl (C=O) groups excluding carboxylic acids is 2.